The fourth-order valence-electron chi connectivity index (χ4n) is 2.66. The zero-order chi connectivity index (χ0) is 22.4. The minimum atomic E-state index is -0.499. The summed E-state index contributed by atoms with van der Waals surface area (Å²) in [6, 6.07) is 11.6. The molecule has 1 saturated heterocycles. The van der Waals surface area contributed by atoms with Crippen molar-refractivity contribution in [3.8, 4) is 11.5 Å². The van der Waals surface area contributed by atoms with Gasteiger partial charge in [-0.25, -0.2) is 0 Å². The first kappa shape index (κ1) is 23.0. The van der Waals surface area contributed by atoms with Gasteiger partial charge in [0.25, 0.3) is 11.6 Å². The number of rotatable bonds is 9. The number of non-ortho nitro benzene ring substituents is 1. The van der Waals surface area contributed by atoms with Crippen LogP contribution in [0, 0.1) is 10.1 Å². The molecule has 31 heavy (non-hydrogen) atoms. The molecule has 10 heteroatoms. The standard InChI is InChI=1S/C21H17BrN2O5S2/c1-2-9-23-20(25)19(31-21(23)30)13-14-12-16(24(26)27)5-8-18(14)29-11-10-28-17-6-3-15(22)4-7-17/h2-8,12-13H,1,9-11H2. The number of hydrogen-bond donors (Lipinski definition) is 0. The Balaban J connectivity index is 1.75. The van der Waals surface area contributed by atoms with E-state index in [-0.39, 0.29) is 24.8 Å². The Hall–Kier alpha value is -2.69. The molecule has 0 saturated carbocycles. The van der Waals surface area contributed by atoms with Crippen molar-refractivity contribution in [2.45, 2.75) is 0 Å². The molecule has 0 aromatic heterocycles. The Bertz CT molecular complexity index is 1060. The Morgan fingerprint density at radius 3 is 2.58 bits per heavy atom. The van der Waals surface area contributed by atoms with Crippen LogP contribution in [0.25, 0.3) is 6.08 Å². The van der Waals surface area contributed by atoms with Crippen LogP contribution in [0.15, 0.2) is 64.5 Å². The molecule has 3 rings (SSSR count). The van der Waals surface area contributed by atoms with Gasteiger partial charge in [-0.3, -0.25) is 19.8 Å². The second-order valence-electron chi connectivity index (χ2n) is 6.21. The Morgan fingerprint density at radius 1 is 1.19 bits per heavy atom. The van der Waals surface area contributed by atoms with Crippen molar-refractivity contribution in [3.05, 3.63) is 80.2 Å². The Morgan fingerprint density at radius 2 is 1.90 bits per heavy atom. The van der Waals surface area contributed by atoms with Crippen LogP contribution >= 0.6 is 39.9 Å². The number of nitrogens with zero attached hydrogens (tertiary/aromatic N) is 2. The number of thioether (sulfide) groups is 1. The van der Waals surface area contributed by atoms with E-state index in [9.17, 15) is 14.9 Å². The molecule has 0 unspecified atom stereocenters. The van der Waals surface area contributed by atoms with Crippen LogP contribution < -0.4 is 9.47 Å². The van der Waals surface area contributed by atoms with Crippen molar-refractivity contribution in [2.24, 2.45) is 0 Å². The first-order valence-electron chi connectivity index (χ1n) is 9.05. The van der Waals surface area contributed by atoms with Crippen LogP contribution in [0.5, 0.6) is 11.5 Å². The largest absolute Gasteiger partial charge is 0.490 e. The minimum absolute atomic E-state index is 0.105. The minimum Gasteiger partial charge on any atom is -0.490 e. The fraction of sp³-hybridized carbons (Fsp3) is 0.143. The van der Waals surface area contributed by atoms with Crippen molar-refractivity contribution < 1.29 is 19.2 Å². The number of hydrogen-bond acceptors (Lipinski definition) is 7. The van der Waals surface area contributed by atoms with Crippen LogP contribution in [-0.4, -0.2) is 39.8 Å². The highest BCUT2D eigenvalue weighted by atomic mass is 79.9. The van der Waals surface area contributed by atoms with Gasteiger partial charge in [0.1, 0.15) is 29.0 Å². The van der Waals surface area contributed by atoms with Gasteiger partial charge in [-0.2, -0.15) is 0 Å². The summed E-state index contributed by atoms with van der Waals surface area (Å²) in [5.41, 5.74) is 0.309. The molecular formula is C21H17BrN2O5S2. The van der Waals surface area contributed by atoms with Crippen molar-refractivity contribution in [2.75, 3.05) is 19.8 Å². The van der Waals surface area contributed by atoms with Crippen LogP contribution in [0.2, 0.25) is 0 Å². The van der Waals surface area contributed by atoms with E-state index < -0.39 is 4.92 Å². The summed E-state index contributed by atoms with van der Waals surface area (Å²) in [4.78, 5) is 25.1. The molecule has 0 bridgehead atoms. The lowest BCUT2D eigenvalue weighted by molar-refractivity contribution is -0.384. The van der Waals surface area contributed by atoms with Gasteiger partial charge in [-0.1, -0.05) is 46.0 Å². The van der Waals surface area contributed by atoms with E-state index in [0.717, 1.165) is 16.2 Å². The van der Waals surface area contributed by atoms with Gasteiger partial charge in [-0.15, -0.1) is 6.58 Å². The summed E-state index contributed by atoms with van der Waals surface area (Å²) in [5.74, 6) is 0.825. The van der Waals surface area contributed by atoms with E-state index in [0.29, 0.717) is 32.8 Å². The van der Waals surface area contributed by atoms with E-state index in [4.69, 9.17) is 21.7 Å². The number of halogens is 1. The van der Waals surface area contributed by atoms with Crippen molar-refractivity contribution in [3.63, 3.8) is 0 Å². The lowest BCUT2D eigenvalue weighted by atomic mass is 10.1. The van der Waals surface area contributed by atoms with E-state index in [1.54, 1.807) is 12.2 Å². The summed E-state index contributed by atoms with van der Waals surface area (Å²) >= 11 is 9.73. The molecule has 7 nitrogen and oxygen atoms in total. The normalized spacial score (nSPS) is 14.7. The van der Waals surface area contributed by atoms with E-state index in [1.165, 1.54) is 23.1 Å². The maximum absolute atomic E-state index is 12.6. The van der Waals surface area contributed by atoms with Gasteiger partial charge in [-0.05, 0) is 36.4 Å². The lowest BCUT2D eigenvalue weighted by Crippen LogP contribution is -2.27. The van der Waals surface area contributed by atoms with Crippen LogP contribution in [0.4, 0.5) is 5.69 Å². The van der Waals surface area contributed by atoms with Gasteiger partial charge in [0.15, 0.2) is 0 Å². The van der Waals surface area contributed by atoms with Gasteiger partial charge < -0.3 is 9.47 Å². The van der Waals surface area contributed by atoms with E-state index in [2.05, 4.69) is 22.5 Å². The summed E-state index contributed by atoms with van der Waals surface area (Å²) in [7, 11) is 0. The Kier molecular flexibility index (Phi) is 7.83. The topological polar surface area (TPSA) is 81.9 Å². The lowest BCUT2D eigenvalue weighted by Gasteiger charge is -2.11. The zero-order valence-corrected chi connectivity index (χ0v) is 19.4. The van der Waals surface area contributed by atoms with Gasteiger partial charge >= 0.3 is 0 Å². The second-order valence-corrected chi connectivity index (χ2v) is 8.80. The number of ether oxygens (including phenoxy) is 2. The second kappa shape index (κ2) is 10.6. The SMILES string of the molecule is C=CCN1C(=O)C(=Cc2cc([N+](=O)[O-])ccc2OCCOc2ccc(Br)cc2)SC1=S. The van der Waals surface area contributed by atoms with Gasteiger partial charge in [0, 0.05) is 28.7 Å². The molecule has 1 aliphatic heterocycles. The third-order valence-electron chi connectivity index (χ3n) is 4.10. The van der Waals surface area contributed by atoms with E-state index in [1.807, 2.05) is 24.3 Å². The summed E-state index contributed by atoms with van der Waals surface area (Å²) in [6.45, 7) is 4.41. The summed E-state index contributed by atoms with van der Waals surface area (Å²) in [5, 5.41) is 11.2. The highest BCUT2D eigenvalue weighted by Crippen LogP contribution is 2.35. The number of nitro benzene ring substituents is 1. The first-order chi connectivity index (χ1) is 14.9. The quantitative estimate of drug-likeness (QED) is 0.112. The Labute approximate surface area is 197 Å². The summed E-state index contributed by atoms with van der Waals surface area (Å²) in [6.07, 6.45) is 3.14. The highest BCUT2D eigenvalue weighted by Gasteiger charge is 2.31. The molecule has 0 N–H and O–H groups in total. The average molecular weight is 521 g/mol. The zero-order valence-electron chi connectivity index (χ0n) is 16.2. The fourth-order valence-corrected chi connectivity index (χ4v) is 4.19. The number of carbonyl (C=O) groups excluding carboxylic acids is 1. The molecule has 2 aromatic rings. The summed E-state index contributed by atoms with van der Waals surface area (Å²) < 4.78 is 12.8. The molecule has 0 atom stereocenters. The van der Waals surface area contributed by atoms with Crippen molar-refractivity contribution >= 4 is 61.9 Å². The molecule has 0 spiro atoms. The molecule has 1 aliphatic rings. The molecular weight excluding hydrogens is 504 g/mol. The third kappa shape index (κ3) is 5.93. The molecule has 0 aliphatic carbocycles. The monoisotopic (exact) mass is 520 g/mol. The predicted octanol–water partition coefficient (Wildman–Crippen LogP) is 5.20. The van der Waals surface area contributed by atoms with Crippen LogP contribution in [0.3, 0.4) is 0 Å². The first-order valence-corrected chi connectivity index (χ1v) is 11.1. The van der Waals surface area contributed by atoms with Gasteiger partial charge in [0.05, 0.1) is 9.83 Å². The number of nitro groups is 1. The number of thiocarbonyl (C=S) groups is 1. The van der Waals surface area contributed by atoms with Crippen LogP contribution in [-0.2, 0) is 4.79 Å². The maximum Gasteiger partial charge on any atom is 0.270 e. The van der Waals surface area contributed by atoms with Crippen molar-refractivity contribution in [1.82, 2.24) is 4.90 Å². The molecule has 160 valence electrons. The molecule has 0 radical (unpaired) electrons. The molecule has 1 heterocycles. The average Bonchev–Trinajstić information content (AvgIpc) is 3.01. The predicted molar refractivity (Wildman–Crippen MR) is 128 cm³/mol. The highest BCUT2D eigenvalue weighted by molar-refractivity contribution is 9.10. The third-order valence-corrected chi connectivity index (χ3v) is 6.01. The number of benzene rings is 2. The van der Waals surface area contributed by atoms with Gasteiger partial charge in [0.2, 0.25) is 0 Å². The van der Waals surface area contributed by atoms with E-state index >= 15 is 0 Å². The number of carbonyl (C=O) groups is 1. The smallest absolute Gasteiger partial charge is 0.270 e. The van der Waals surface area contributed by atoms with Crippen molar-refractivity contribution in [1.29, 1.82) is 0 Å². The maximum atomic E-state index is 12.6. The van der Waals surface area contributed by atoms with Crippen LogP contribution in [0.1, 0.15) is 5.56 Å². The molecule has 1 fully saturated rings. The molecule has 2 aromatic carbocycles. The number of amides is 1. The molecule has 1 amide bonds.